The smallest absolute Gasteiger partial charge is 0.143 e. The zero-order chi connectivity index (χ0) is 44.9. The van der Waals surface area contributed by atoms with E-state index in [4.69, 9.17) is 19.5 Å². The lowest BCUT2D eigenvalue weighted by Crippen LogP contribution is -1.91. The van der Waals surface area contributed by atoms with Crippen LogP contribution in [0.25, 0.3) is 87.6 Å². The SMILES string of the molecule is [2H]c1c([2H])c(-c2c3c([2H])c([2H])c([2H])c([2H])c3c(-c3cccc4c3oc3ccccc34)c3c([2H])c([2H])c([2H])c([2H])c23)c([2H])c([2H])c1-c1c([2H])c([2H])c2c([2H])c([2H])c([2H])c([2H])c2c1[2H]. The zero-order valence-corrected chi connectivity index (χ0v) is 21.9. The van der Waals surface area contributed by atoms with Crippen molar-refractivity contribution in [3.8, 4) is 33.4 Å². The van der Waals surface area contributed by atoms with Crippen molar-refractivity contribution in [1.82, 2.24) is 0 Å². The van der Waals surface area contributed by atoms with E-state index in [2.05, 4.69) is 0 Å². The Kier molecular flexibility index (Phi) is 2.61. The van der Waals surface area contributed by atoms with Crippen molar-refractivity contribution in [3.05, 3.63) is 157 Å². The number of rotatable bonds is 3. The minimum atomic E-state index is -0.915. The molecule has 8 aromatic carbocycles. The Hall–Kier alpha value is -5.66. The first-order valence-corrected chi connectivity index (χ1v) is 13.2. The highest BCUT2D eigenvalue weighted by molar-refractivity contribution is 6.24. The van der Waals surface area contributed by atoms with Gasteiger partial charge in [0.1, 0.15) is 11.2 Å². The molecule has 0 aliphatic rings. The molecule has 0 amide bonds. The molecule has 0 radical (unpaired) electrons. The minimum absolute atomic E-state index is 0.0734. The van der Waals surface area contributed by atoms with Crippen molar-refractivity contribution in [1.29, 1.82) is 0 Å². The first-order chi connectivity index (χ1) is 29.3. The normalized spacial score (nSPS) is 17.9. The summed E-state index contributed by atoms with van der Waals surface area (Å²) in [4.78, 5) is 0. The van der Waals surface area contributed by atoms with Crippen LogP contribution in [0.3, 0.4) is 0 Å². The molecule has 1 aromatic heterocycles. The fraction of sp³-hybridized carbons (Fsp3) is 0. The molecule has 200 valence electrons. The summed E-state index contributed by atoms with van der Waals surface area (Å²) in [7, 11) is 0. The summed E-state index contributed by atoms with van der Waals surface area (Å²) >= 11 is 0. The molecule has 0 aliphatic carbocycles. The number of hydrogen-bond acceptors (Lipinski definition) is 1. The van der Waals surface area contributed by atoms with E-state index in [0.717, 1.165) is 0 Å². The number of fused-ring (bicyclic) bond motifs is 6. The maximum Gasteiger partial charge on any atom is 0.143 e. The molecule has 1 nitrogen and oxygen atoms in total. The molecule has 0 unspecified atom stereocenters. The summed E-state index contributed by atoms with van der Waals surface area (Å²) in [6, 6.07) is -2.55. The Morgan fingerprint density at radius 3 is 1.74 bits per heavy atom. The second kappa shape index (κ2) is 9.44. The van der Waals surface area contributed by atoms with Crippen LogP contribution in [0.15, 0.2) is 162 Å². The van der Waals surface area contributed by atoms with E-state index in [1.165, 1.54) is 0 Å². The van der Waals surface area contributed by atoms with Crippen molar-refractivity contribution >= 4 is 54.3 Å². The highest BCUT2D eigenvalue weighted by Crippen LogP contribution is 2.46. The van der Waals surface area contributed by atoms with Crippen LogP contribution in [0.1, 0.15) is 26.0 Å². The van der Waals surface area contributed by atoms with E-state index in [1.54, 1.807) is 36.4 Å². The molecule has 9 rings (SSSR count). The third-order valence-electron chi connectivity index (χ3n) is 7.42. The average molecular weight is 566 g/mol. The monoisotopic (exact) mass is 565 g/mol. The Morgan fingerprint density at radius 2 is 1.00 bits per heavy atom. The number of hydrogen-bond donors (Lipinski definition) is 0. The molecule has 1 heteroatoms. The van der Waals surface area contributed by atoms with Crippen LogP contribution in [0.5, 0.6) is 0 Å². The molecule has 0 spiro atoms. The van der Waals surface area contributed by atoms with E-state index in [9.17, 15) is 11.0 Å². The van der Waals surface area contributed by atoms with Gasteiger partial charge in [-0.05, 0) is 66.7 Å². The molecule has 0 saturated carbocycles. The predicted octanol–water partition coefficient (Wildman–Crippen LogP) is 12.0. The lowest BCUT2D eigenvalue weighted by atomic mass is 9.85. The Balaban J connectivity index is 1.51. The fourth-order valence-corrected chi connectivity index (χ4v) is 5.56. The maximum atomic E-state index is 9.45. The quantitative estimate of drug-likeness (QED) is 0.194. The van der Waals surface area contributed by atoms with Gasteiger partial charge in [-0.3, -0.25) is 0 Å². The highest BCUT2D eigenvalue weighted by Gasteiger charge is 2.20. The second-order valence-electron chi connectivity index (χ2n) is 9.78. The lowest BCUT2D eigenvalue weighted by Gasteiger charge is -2.18. The third-order valence-corrected chi connectivity index (χ3v) is 7.42. The van der Waals surface area contributed by atoms with Gasteiger partial charge < -0.3 is 4.42 Å². The second-order valence-corrected chi connectivity index (χ2v) is 9.78. The Morgan fingerprint density at radius 1 is 0.419 bits per heavy atom. The van der Waals surface area contributed by atoms with E-state index >= 15 is 0 Å². The van der Waals surface area contributed by atoms with Crippen molar-refractivity contribution in [2.24, 2.45) is 0 Å². The average Bonchev–Trinajstić information content (AvgIpc) is 3.65. The van der Waals surface area contributed by atoms with Crippen molar-refractivity contribution in [2.45, 2.75) is 0 Å². The summed E-state index contributed by atoms with van der Waals surface area (Å²) in [5.74, 6) is 0. The van der Waals surface area contributed by atoms with Crippen LogP contribution in [0, 0.1) is 0 Å². The molecule has 0 N–H and O–H groups in total. The van der Waals surface area contributed by atoms with Gasteiger partial charge in [-0.25, -0.2) is 0 Å². The molecule has 9 aromatic rings. The topological polar surface area (TPSA) is 13.1 Å². The van der Waals surface area contributed by atoms with Gasteiger partial charge in [0.15, 0.2) is 0 Å². The maximum absolute atomic E-state index is 9.45. The summed E-state index contributed by atoms with van der Waals surface area (Å²) in [5, 5.41) is -1.02. The summed E-state index contributed by atoms with van der Waals surface area (Å²) < 4.78 is 176. The van der Waals surface area contributed by atoms with Crippen LogP contribution in [0.2, 0.25) is 0 Å². The van der Waals surface area contributed by atoms with Gasteiger partial charge in [-0.2, -0.15) is 0 Å². The molecule has 0 bridgehead atoms. The van der Waals surface area contributed by atoms with Crippen molar-refractivity contribution < 1.29 is 30.5 Å². The number of benzene rings is 8. The highest BCUT2D eigenvalue weighted by atomic mass is 16.3. The van der Waals surface area contributed by atoms with Crippen molar-refractivity contribution in [2.75, 3.05) is 0 Å². The molecule has 1 heterocycles. The van der Waals surface area contributed by atoms with E-state index in [0.29, 0.717) is 16.4 Å². The molecular weight excluding hydrogens is 520 g/mol. The van der Waals surface area contributed by atoms with Gasteiger partial charge in [0, 0.05) is 21.9 Å². The Labute approximate surface area is 275 Å². The third kappa shape index (κ3) is 3.72. The van der Waals surface area contributed by atoms with Gasteiger partial charge in [-0.1, -0.05) is 145 Å². The van der Waals surface area contributed by atoms with Gasteiger partial charge in [0.2, 0.25) is 0 Å². The van der Waals surface area contributed by atoms with E-state index in [-0.39, 0.29) is 27.5 Å². The Bertz CT molecular complexity index is 3460. The zero-order valence-electron chi connectivity index (χ0n) is 40.9. The van der Waals surface area contributed by atoms with Gasteiger partial charge in [-0.15, -0.1) is 0 Å². The molecular formula is C42H26O. The number of furan rings is 1. The van der Waals surface area contributed by atoms with Crippen molar-refractivity contribution in [3.63, 3.8) is 0 Å². The van der Waals surface area contributed by atoms with E-state index < -0.39 is 159 Å². The predicted molar refractivity (Wildman–Crippen MR) is 183 cm³/mol. The van der Waals surface area contributed by atoms with Crippen LogP contribution in [-0.4, -0.2) is 0 Å². The minimum Gasteiger partial charge on any atom is -0.455 e. The molecule has 0 aliphatic heterocycles. The van der Waals surface area contributed by atoms with Gasteiger partial charge in [0.25, 0.3) is 0 Å². The summed E-state index contributed by atoms with van der Waals surface area (Å²) in [5.41, 5.74) is -1.66. The lowest BCUT2D eigenvalue weighted by molar-refractivity contribution is 0.670. The van der Waals surface area contributed by atoms with Crippen LogP contribution >= 0.6 is 0 Å². The number of para-hydroxylation sites is 2. The first-order valence-electron chi connectivity index (χ1n) is 22.7. The molecule has 43 heavy (non-hydrogen) atoms. The van der Waals surface area contributed by atoms with Crippen LogP contribution in [0.4, 0.5) is 0 Å². The first kappa shape index (κ1) is 11.9. The fourth-order valence-electron chi connectivity index (χ4n) is 5.56. The molecule has 0 saturated heterocycles. The standard InChI is InChI=1S/C42H26O/c1-2-11-30-26-31(25-22-27(30)10-1)28-20-23-29(24-21-28)40-33-13-3-5-15-35(33)41(36-16-6-4-14-34(36)40)38-18-9-17-37-32-12-7-8-19-39(32)43-42(37)38/h1-26H/i1D,2D,3D,4D,5D,6D,10D,11D,13D,14D,15D,16D,20D,21D,22D,23D,24D,25D,26D. The van der Waals surface area contributed by atoms with Crippen LogP contribution < -0.4 is 0 Å². The summed E-state index contributed by atoms with van der Waals surface area (Å²) in [6.45, 7) is 0. The molecule has 0 fully saturated rings. The van der Waals surface area contributed by atoms with Gasteiger partial charge in [0.05, 0.1) is 26.0 Å². The van der Waals surface area contributed by atoms with Gasteiger partial charge >= 0.3 is 0 Å². The molecule has 0 atom stereocenters. The van der Waals surface area contributed by atoms with Crippen LogP contribution in [-0.2, 0) is 0 Å². The van der Waals surface area contributed by atoms with E-state index in [1.807, 2.05) is 6.07 Å². The summed E-state index contributed by atoms with van der Waals surface area (Å²) in [6.07, 6.45) is 0. The largest absolute Gasteiger partial charge is 0.455 e.